The number of hydrazine groups is 1. The van der Waals surface area contributed by atoms with Crippen molar-refractivity contribution >= 4 is 18.5 Å². The predicted molar refractivity (Wildman–Crippen MR) is 93.4 cm³/mol. The molecule has 5 nitrogen and oxygen atoms in total. The number of halogens is 1. The van der Waals surface area contributed by atoms with Crippen LogP contribution in [0.15, 0.2) is 42.5 Å². The van der Waals surface area contributed by atoms with Crippen LogP contribution < -0.4 is 16.3 Å². The van der Waals surface area contributed by atoms with Crippen LogP contribution in [-0.2, 0) is 11.3 Å². The van der Waals surface area contributed by atoms with Gasteiger partial charge < -0.3 is 9.68 Å². The number of nitrogens with one attached hydrogen (secondary N) is 2. The second-order valence-corrected chi connectivity index (χ2v) is 6.39. The van der Waals surface area contributed by atoms with Crippen LogP contribution in [-0.4, -0.2) is 18.0 Å². The fraction of sp³-hybridized carbons (Fsp3) is 0.278. The fourth-order valence-corrected chi connectivity index (χ4v) is 2.95. The Balaban J connectivity index is 1.74. The molecule has 0 spiro atoms. The zero-order valence-corrected chi connectivity index (χ0v) is 14.1. The summed E-state index contributed by atoms with van der Waals surface area (Å²) in [7, 11) is -1.14. The number of rotatable bonds is 5. The van der Waals surface area contributed by atoms with Crippen LogP contribution in [0.3, 0.4) is 0 Å². The fourth-order valence-electron chi connectivity index (χ4n) is 2.95. The molecule has 0 aromatic heterocycles. The molecule has 1 unspecified atom stereocenters. The van der Waals surface area contributed by atoms with Crippen molar-refractivity contribution in [2.75, 3.05) is 0 Å². The van der Waals surface area contributed by atoms with E-state index < -0.39 is 18.8 Å². The van der Waals surface area contributed by atoms with E-state index in [2.05, 4.69) is 10.9 Å². The second kappa shape index (κ2) is 7.35. The highest BCUT2D eigenvalue weighted by atomic mass is 19.1. The van der Waals surface area contributed by atoms with E-state index in [-0.39, 0.29) is 29.7 Å². The lowest BCUT2D eigenvalue weighted by atomic mass is 9.79. The van der Waals surface area contributed by atoms with Crippen molar-refractivity contribution in [1.29, 1.82) is 0 Å². The lowest BCUT2D eigenvalue weighted by molar-refractivity contribution is 0.0915. The molecule has 2 aromatic carbocycles. The molecule has 2 aromatic rings. The minimum Gasteiger partial charge on any atom is -0.423 e. The van der Waals surface area contributed by atoms with Crippen LogP contribution in [0.1, 0.15) is 41.4 Å². The third-order valence-corrected chi connectivity index (χ3v) is 4.34. The Kier molecular flexibility index (Phi) is 5.17. The van der Waals surface area contributed by atoms with Gasteiger partial charge in [0.15, 0.2) is 0 Å². The quantitative estimate of drug-likeness (QED) is 0.571. The zero-order valence-electron chi connectivity index (χ0n) is 14.1. The average Bonchev–Trinajstić information content (AvgIpc) is 2.98. The molecule has 130 valence electrons. The van der Waals surface area contributed by atoms with Crippen LogP contribution >= 0.6 is 0 Å². The molecule has 1 heterocycles. The number of carbonyl (C=O) groups excluding carboxylic acids is 1. The van der Waals surface area contributed by atoms with Gasteiger partial charge in [0.2, 0.25) is 0 Å². The average molecular weight is 342 g/mol. The van der Waals surface area contributed by atoms with Gasteiger partial charge in [-0.1, -0.05) is 50.2 Å². The van der Waals surface area contributed by atoms with E-state index in [0.29, 0.717) is 5.46 Å². The van der Waals surface area contributed by atoms with Gasteiger partial charge in [0.1, 0.15) is 5.82 Å². The number of hydrogen-bond acceptors (Lipinski definition) is 4. The van der Waals surface area contributed by atoms with Gasteiger partial charge in [0.05, 0.1) is 18.2 Å². The second-order valence-electron chi connectivity index (χ2n) is 6.39. The summed E-state index contributed by atoms with van der Waals surface area (Å²) in [5.74, 6) is -1.01. The first kappa shape index (κ1) is 17.6. The normalized spacial score (nSPS) is 14.5. The predicted octanol–water partition coefficient (Wildman–Crippen LogP) is 1.68. The van der Waals surface area contributed by atoms with Crippen LogP contribution in [0, 0.1) is 11.7 Å². The maximum Gasteiger partial charge on any atom is 0.491 e. The number of hydrogen-bond donors (Lipinski definition) is 3. The molecule has 1 atom stereocenters. The molecule has 1 aliphatic heterocycles. The van der Waals surface area contributed by atoms with Crippen LogP contribution in [0.25, 0.3) is 0 Å². The summed E-state index contributed by atoms with van der Waals surface area (Å²) in [6.07, 6.45) is 0. The lowest BCUT2D eigenvalue weighted by Gasteiger charge is -2.23. The number of amides is 1. The number of carbonyl (C=O) groups is 1. The minimum atomic E-state index is -1.14. The maximum absolute atomic E-state index is 14.5. The third kappa shape index (κ3) is 3.58. The molecule has 0 fully saturated rings. The Hall–Kier alpha value is -2.22. The molecule has 0 bridgehead atoms. The van der Waals surface area contributed by atoms with Crippen molar-refractivity contribution in [3.63, 3.8) is 0 Å². The Bertz CT molecular complexity index is 770. The first-order chi connectivity index (χ1) is 12.0. The van der Waals surface area contributed by atoms with Crippen molar-refractivity contribution in [2.45, 2.75) is 26.5 Å². The van der Waals surface area contributed by atoms with E-state index in [4.69, 9.17) is 4.65 Å². The SMILES string of the molecule is CC(C)C(NNC(=O)c1ccc2c(c1F)COB2O)c1ccccc1. The molecule has 0 radical (unpaired) electrons. The van der Waals surface area contributed by atoms with E-state index in [1.54, 1.807) is 0 Å². The third-order valence-electron chi connectivity index (χ3n) is 4.34. The molecule has 7 heteroatoms. The van der Waals surface area contributed by atoms with Crippen molar-refractivity contribution in [3.8, 4) is 0 Å². The van der Waals surface area contributed by atoms with E-state index in [9.17, 15) is 14.2 Å². The molecule has 1 amide bonds. The van der Waals surface area contributed by atoms with Gasteiger partial charge in [0.25, 0.3) is 5.91 Å². The van der Waals surface area contributed by atoms with Gasteiger partial charge in [0, 0.05) is 5.56 Å². The van der Waals surface area contributed by atoms with Crippen LogP contribution in [0.4, 0.5) is 4.39 Å². The summed E-state index contributed by atoms with van der Waals surface area (Å²) in [6, 6.07) is 12.5. The summed E-state index contributed by atoms with van der Waals surface area (Å²) in [5.41, 5.74) is 7.12. The molecular weight excluding hydrogens is 322 g/mol. The molecule has 3 N–H and O–H groups in total. The van der Waals surface area contributed by atoms with E-state index in [1.807, 2.05) is 44.2 Å². The van der Waals surface area contributed by atoms with Crippen LogP contribution in [0.2, 0.25) is 0 Å². The van der Waals surface area contributed by atoms with Crippen LogP contribution in [0.5, 0.6) is 0 Å². The largest absolute Gasteiger partial charge is 0.491 e. The Morgan fingerprint density at radius 1 is 1.24 bits per heavy atom. The monoisotopic (exact) mass is 342 g/mol. The molecular formula is C18H20BFN2O3. The molecule has 1 aliphatic rings. The van der Waals surface area contributed by atoms with E-state index >= 15 is 0 Å². The van der Waals surface area contributed by atoms with Gasteiger partial charge in [-0.3, -0.25) is 10.2 Å². The Labute approximate surface area is 146 Å². The van der Waals surface area contributed by atoms with E-state index in [0.717, 1.165) is 5.56 Å². The minimum absolute atomic E-state index is 0.0461. The molecule has 0 aliphatic carbocycles. The zero-order chi connectivity index (χ0) is 18.0. The van der Waals surface area contributed by atoms with E-state index in [1.165, 1.54) is 12.1 Å². The standard InChI is InChI=1S/C18H20BFN2O3/c1-11(2)17(12-6-4-3-5-7-12)21-22-18(23)13-8-9-15-14(16(13)20)10-25-19(15)24/h3-9,11,17,21,24H,10H2,1-2H3,(H,22,23). The van der Waals surface area contributed by atoms with Gasteiger partial charge in [-0.15, -0.1) is 0 Å². The Morgan fingerprint density at radius 3 is 2.64 bits per heavy atom. The Morgan fingerprint density at radius 2 is 1.96 bits per heavy atom. The van der Waals surface area contributed by atoms with Crippen molar-refractivity contribution in [1.82, 2.24) is 10.9 Å². The first-order valence-corrected chi connectivity index (χ1v) is 8.20. The van der Waals surface area contributed by atoms with Gasteiger partial charge in [-0.2, -0.15) is 0 Å². The van der Waals surface area contributed by atoms with Gasteiger partial charge in [-0.25, -0.2) is 9.82 Å². The maximum atomic E-state index is 14.5. The summed E-state index contributed by atoms with van der Waals surface area (Å²) in [4.78, 5) is 12.4. The van der Waals surface area contributed by atoms with Crippen molar-refractivity contribution in [2.24, 2.45) is 5.92 Å². The smallest absolute Gasteiger partial charge is 0.423 e. The topological polar surface area (TPSA) is 70.6 Å². The van der Waals surface area contributed by atoms with Gasteiger partial charge in [-0.05, 0) is 23.0 Å². The number of fused-ring (bicyclic) bond motifs is 1. The summed E-state index contributed by atoms with van der Waals surface area (Å²) >= 11 is 0. The van der Waals surface area contributed by atoms with Crippen molar-refractivity contribution < 1.29 is 18.9 Å². The number of benzene rings is 2. The summed E-state index contributed by atoms with van der Waals surface area (Å²) < 4.78 is 19.5. The highest BCUT2D eigenvalue weighted by Gasteiger charge is 2.31. The molecule has 3 rings (SSSR count). The molecule has 0 saturated carbocycles. The first-order valence-electron chi connectivity index (χ1n) is 8.20. The highest BCUT2D eigenvalue weighted by Crippen LogP contribution is 2.21. The highest BCUT2D eigenvalue weighted by molar-refractivity contribution is 6.61. The van der Waals surface area contributed by atoms with Crippen molar-refractivity contribution in [3.05, 3.63) is 65.0 Å². The summed E-state index contributed by atoms with van der Waals surface area (Å²) in [6.45, 7) is 4.02. The molecule has 25 heavy (non-hydrogen) atoms. The summed E-state index contributed by atoms with van der Waals surface area (Å²) in [5, 5.41) is 9.60. The lowest BCUT2D eigenvalue weighted by Crippen LogP contribution is -2.42. The molecule has 0 saturated heterocycles. The van der Waals surface area contributed by atoms with Gasteiger partial charge >= 0.3 is 7.12 Å².